The lowest BCUT2D eigenvalue weighted by molar-refractivity contribution is 1.07. The van der Waals surface area contributed by atoms with Crippen LogP contribution in [0.2, 0.25) is 0 Å². The molecule has 4 heterocycles. The van der Waals surface area contributed by atoms with Gasteiger partial charge >= 0.3 is 0 Å². The van der Waals surface area contributed by atoms with Gasteiger partial charge in [-0.3, -0.25) is 0 Å². The Labute approximate surface area is 373 Å². The molecule has 0 unspecified atom stereocenters. The Morgan fingerprint density at radius 1 is 0.381 bits per heavy atom. The lowest BCUT2D eigenvalue weighted by Gasteiger charge is -2.13. The van der Waals surface area contributed by atoms with E-state index < -0.39 is 18.1 Å². The maximum absolute atomic E-state index is 9.00. The highest BCUT2D eigenvalue weighted by Gasteiger charge is 2.24. The summed E-state index contributed by atoms with van der Waals surface area (Å²) in [4.78, 5) is 15.1. The summed E-state index contributed by atoms with van der Waals surface area (Å²) >= 11 is 1.67. The molecule has 4 aromatic heterocycles. The van der Waals surface area contributed by atoms with E-state index in [0.717, 1.165) is 86.5 Å². The Hall–Kier alpha value is -8.19. The highest BCUT2D eigenvalue weighted by atomic mass is 32.1. The minimum Gasteiger partial charge on any atom is -0.309 e. The first-order chi connectivity index (χ1) is 33.3. The summed E-state index contributed by atoms with van der Waals surface area (Å²) in [5.41, 5.74) is 9.77. The highest BCUT2D eigenvalue weighted by Crippen LogP contribution is 2.47. The van der Waals surface area contributed by atoms with Crippen molar-refractivity contribution in [1.29, 1.82) is 0 Å². The van der Waals surface area contributed by atoms with Crippen molar-refractivity contribution >= 4 is 75.1 Å². The lowest BCUT2D eigenvalue weighted by Crippen LogP contribution is -2.01. The second-order valence-electron chi connectivity index (χ2n) is 15.6. The van der Waals surface area contributed by atoms with E-state index in [1.54, 1.807) is 11.3 Å². The molecule has 0 saturated carbocycles. The number of hydrogen-bond donors (Lipinski definition) is 0. The topological polar surface area (TPSA) is 48.5 Å². The summed E-state index contributed by atoms with van der Waals surface area (Å²) in [5.74, 6) is 0.617. The Morgan fingerprint density at radius 2 is 0.984 bits per heavy atom. The van der Waals surface area contributed by atoms with Crippen molar-refractivity contribution in [3.63, 3.8) is 0 Å². The third-order valence-corrected chi connectivity index (χ3v) is 13.3. The lowest BCUT2D eigenvalue weighted by atomic mass is 10.0. The second-order valence-corrected chi connectivity index (χ2v) is 16.6. The first kappa shape index (κ1) is 30.8. The molecule has 13 aromatic rings. The van der Waals surface area contributed by atoms with Crippen LogP contribution in [0.25, 0.3) is 120 Å². The summed E-state index contributed by atoms with van der Waals surface area (Å²) < 4.78 is 50.3. The zero-order valence-corrected chi connectivity index (χ0v) is 34.3. The fraction of sp³-hybridized carbons (Fsp3) is 0. The van der Waals surface area contributed by atoms with Crippen LogP contribution in [0.4, 0.5) is 0 Å². The van der Waals surface area contributed by atoms with E-state index in [4.69, 9.17) is 21.8 Å². The predicted molar refractivity (Wildman–Crippen MR) is 263 cm³/mol. The molecule has 0 atom stereocenters. The van der Waals surface area contributed by atoms with Gasteiger partial charge in [-0.1, -0.05) is 170 Å². The normalized spacial score (nSPS) is 12.9. The van der Waals surface area contributed by atoms with Crippen molar-refractivity contribution in [2.24, 2.45) is 0 Å². The monoisotopic (exact) mass is 826 g/mol. The first-order valence-electron chi connectivity index (χ1n) is 23.3. The Kier molecular flexibility index (Phi) is 6.94. The van der Waals surface area contributed by atoms with E-state index >= 15 is 0 Å². The summed E-state index contributed by atoms with van der Waals surface area (Å²) in [7, 11) is 0. The van der Waals surface area contributed by atoms with Crippen LogP contribution in [-0.2, 0) is 0 Å². The van der Waals surface area contributed by atoms with Crippen LogP contribution in [-0.4, -0.2) is 24.1 Å². The Bertz CT molecular complexity index is 4180. The molecule has 0 aliphatic carbocycles. The summed E-state index contributed by atoms with van der Waals surface area (Å²) in [6.45, 7) is 0. The Morgan fingerprint density at radius 3 is 1.75 bits per heavy atom. The van der Waals surface area contributed by atoms with Crippen molar-refractivity contribution < 1.29 is 6.85 Å². The average molecular weight is 827 g/mol. The summed E-state index contributed by atoms with van der Waals surface area (Å²) in [6, 6.07) is 60.7. The quantitative estimate of drug-likeness (QED) is 0.168. The molecular weight excluding hydrogens is 787 g/mol. The molecule has 0 N–H and O–H groups in total. The van der Waals surface area contributed by atoms with Crippen molar-refractivity contribution in [1.82, 2.24) is 24.1 Å². The van der Waals surface area contributed by atoms with Gasteiger partial charge in [0.25, 0.3) is 0 Å². The number of para-hydroxylation sites is 3. The van der Waals surface area contributed by atoms with Crippen molar-refractivity contribution in [2.45, 2.75) is 0 Å². The van der Waals surface area contributed by atoms with Crippen molar-refractivity contribution in [2.75, 3.05) is 0 Å². The van der Waals surface area contributed by atoms with Gasteiger partial charge in [-0.05, 0) is 53.6 Å². The molecular formula is C57H35N5S. The largest absolute Gasteiger partial charge is 0.309 e. The number of rotatable bonds is 6. The fourth-order valence-corrected chi connectivity index (χ4v) is 10.7. The maximum Gasteiger partial charge on any atom is 0.165 e. The predicted octanol–water partition coefficient (Wildman–Crippen LogP) is 15.1. The molecule has 0 amide bonds. The van der Waals surface area contributed by atoms with Crippen LogP contribution in [0, 0.1) is 0 Å². The van der Waals surface area contributed by atoms with Gasteiger partial charge < -0.3 is 9.13 Å². The minimum absolute atomic E-state index is 0.0107. The Balaban J connectivity index is 1.17. The smallest absolute Gasteiger partial charge is 0.165 e. The summed E-state index contributed by atoms with van der Waals surface area (Å²) in [5, 5.41) is 6.64. The minimum atomic E-state index is -0.484. The molecule has 0 fully saturated rings. The molecule has 0 bridgehead atoms. The van der Waals surface area contributed by atoms with E-state index in [-0.39, 0.29) is 23.5 Å². The zero-order valence-electron chi connectivity index (χ0n) is 38.5. The van der Waals surface area contributed by atoms with Crippen molar-refractivity contribution in [3.8, 4) is 56.7 Å². The second kappa shape index (κ2) is 14.2. The number of thiophene rings is 1. The van der Waals surface area contributed by atoms with Gasteiger partial charge in [0, 0.05) is 69.8 Å². The van der Waals surface area contributed by atoms with E-state index in [2.05, 4.69) is 149 Å². The molecule has 5 nitrogen and oxygen atoms in total. The van der Waals surface area contributed by atoms with E-state index in [1.165, 1.54) is 5.39 Å². The number of aromatic nitrogens is 5. The van der Waals surface area contributed by atoms with Crippen molar-refractivity contribution in [3.05, 3.63) is 212 Å². The molecule has 0 aliphatic heterocycles. The van der Waals surface area contributed by atoms with Gasteiger partial charge in [0.1, 0.15) is 0 Å². The molecule has 63 heavy (non-hydrogen) atoms. The molecule has 0 spiro atoms. The molecule has 9 aromatic carbocycles. The van der Waals surface area contributed by atoms with Gasteiger partial charge in [-0.2, -0.15) is 0 Å². The molecule has 0 radical (unpaired) electrons. The average Bonchev–Trinajstić information content (AvgIpc) is 4.06. The van der Waals surface area contributed by atoms with Gasteiger partial charge in [-0.25, -0.2) is 15.0 Å². The van der Waals surface area contributed by atoms with Crippen LogP contribution in [0.5, 0.6) is 0 Å². The van der Waals surface area contributed by atoms with Gasteiger partial charge in [-0.15, -0.1) is 11.3 Å². The number of benzene rings is 9. The SMILES string of the molecule is [2H]c1c([2H])c([2H])c(-c2nc(-c3ccccc3)nc(-c3cc(-n4c5ccccc5c5c4ccc4c6ccccc6n(-c6ccccc6)c45)cc4c3sc3c(-c5ccccc5)cccc34)n2)c([2H])c1[2H]. The third-order valence-electron chi connectivity index (χ3n) is 12.0. The van der Waals surface area contributed by atoms with Gasteiger partial charge in [0.15, 0.2) is 17.5 Å². The summed E-state index contributed by atoms with van der Waals surface area (Å²) in [6.07, 6.45) is 0. The molecule has 0 saturated heterocycles. The van der Waals surface area contributed by atoms with Gasteiger partial charge in [0.2, 0.25) is 0 Å². The molecule has 13 rings (SSSR count). The van der Waals surface area contributed by atoms with E-state index in [1.807, 2.05) is 42.5 Å². The number of hydrogen-bond acceptors (Lipinski definition) is 4. The van der Waals surface area contributed by atoms with E-state index in [0.29, 0.717) is 17.2 Å². The van der Waals surface area contributed by atoms with Gasteiger partial charge in [0.05, 0.1) is 28.9 Å². The third kappa shape index (κ3) is 5.59. The van der Waals surface area contributed by atoms with Crippen LogP contribution in [0.1, 0.15) is 6.85 Å². The first-order valence-corrected chi connectivity index (χ1v) is 21.6. The molecule has 0 aliphatic rings. The number of nitrogens with zero attached hydrogens (tertiary/aromatic N) is 5. The standard InChI is InChI=1S/C57H35N5S/c1-5-18-36(19-6-1)41-28-17-29-44-46-34-40(35-47(54(46)63-53(41)44)57-59-55(37-20-7-2-8-21-37)58-56(60-57)38-22-9-3-10-23-38)61-49-31-16-14-27-45(49)51-50(61)33-32-43-42-26-13-15-30-48(42)62(52(43)51)39-24-11-4-12-25-39/h1-35H/i2D,7D,8D,20D,21D. The van der Waals surface area contributed by atoms with Crippen LogP contribution in [0.3, 0.4) is 0 Å². The van der Waals surface area contributed by atoms with E-state index in [9.17, 15) is 0 Å². The zero-order chi connectivity index (χ0) is 45.8. The van der Waals surface area contributed by atoms with Crippen LogP contribution >= 0.6 is 11.3 Å². The van der Waals surface area contributed by atoms with Crippen LogP contribution < -0.4 is 0 Å². The fourth-order valence-electron chi connectivity index (χ4n) is 9.34. The number of fused-ring (bicyclic) bond motifs is 10. The maximum atomic E-state index is 9.00. The van der Waals surface area contributed by atoms with Crippen LogP contribution in [0.15, 0.2) is 212 Å². The highest BCUT2D eigenvalue weighted by molar-refractivity contribution is 7.26. The molecule has 294 valence electrons. The molecule has 6 heteroatoms.